The first-order chi connectivity index (χ1) is 10.2. The molecule has 1 unspecified atom stereocenters. The van der Waals surface area contributed by atoms with Crippen LogP contribution in [0.3, 0.4) is 0 Å². The Morgan fingerprint density at radius 1 is 1.27 bits per heavy atom. The van der Waals surface area contributed by atoms with Crippen molar-refractivity contribution in [3.8, 4) is 0 Å². The fourth-order valence-electron chi connectivity index (χ4n) is 2.25. The standard InChI is InChI=1S/C15H20B2ClNO3/c1-10(19-9-16-20)12-7-6-11(8-13(12)18)17-21-14(2,3)15(4,5)22-17/h6-10H,1-5H3/b19-9-. The van der Waals surface area contributed by atoms with Crippen molar-refractivity contribution in [2.24, 2.45) is 4.99 Å². The van der Waals surface area contributed by atoms with E-state index in [1.807, 2.05) is 52.8 Å². The van der Waals surface area contributed by atoms with Crippen LogP contribution >= 0.6 is 11.6 Å². The van der Waals surface area contributed by atoms with Crippen molar-refractivity contribution in [1.29, 1.82) is 0 Å². The maximum absolute atomic E-state index is 10.4. The molecule has 0 radical (unpaired) electrons. The van der Waals surface area contributed by atoms with Gasteiger partial charge in [0.2, 0.25) is 0 Å². The molecule has 0 saturated carbocycles. The van der Waals surface area contributed by atoms with Crippen LogP contribution in [0.1, 0.15) is 46.2 Å². The predicted octanol–water partition coefficient (Wildman–Crippen LogP) is 2.78. The molecule has 1 heterocycles. The molecule has 1 aliphatic heterocycles. The summed E-state index contributed by atoms with van der Waals surface area (Å²) < 4.78 is 22.4. The molecule has 0 spiro atoms. The minimum atomic E-state index is -0.440. The van der Waals surface area contributed by atoms with Gasteiger partial charge in [-0.15, -0.1) is 0 Å². The zero-order valence-electron chi connectivity index (χ0n) is 13.6. The fraction of sp³-hybridized carbons (Fsp3) is 0.533. The van der Waals surface area contributed by atoms with Gasteiger partial charge in [-0.2, -0.15) is 0 Å². The number of rotatable bonds is 4. The van der Waals surface area contributed by atoms with Crippen molar-refractivity contribution in [3.63, 3.8) is 0 Å². The topological polar surface area (TPSA) is 47.9 Å². The van der Waals surface area contributed by atoms with Crippen LogP contribution in [-0.2, 0) is 14.0 Å². The second kappa shape index (κ2) is 6.26. The van der Waals surface area contributed by atoms with E-state index in [1.165, 1.54) is 6.11 Å². The zero-order valence-corrected chi connectivity index (χ0v) is 14.3. The Labute approximate surface area is 137 Å². The summed E-state index contributed by atoms with van der Waals surface area (Å²) in [4.78, 5) is 4.11. The number of aliphatic imine (C=N–C) groups is 1. The molecular weight excluding hydrogens is 299 g/mol. The van der Waals surface area contributed by atoms with Gasteiger partial charge in [-0.3, -0.25) is 0 Å². The van der Waals surface area contributed by atoms with Crippen molar-refractivity contribution >= 4 is 37.4 Å². The molecule has 1 aromatic carbocycles. The average Bonchev–Trinajstić information content (AvgIpc) is 2.64. The number of hydrogen-bond donors (Lipinski definition) is 0. The summed E-state index contributed by atoms with van der Waals surface area (Å²) in [6.45, 7) is 9.94. The van der Waals surface area contributed by atoms with Crippen molar-refractivity contribution in [1.82, 2.24) is 0 Å². The molecule has 1 atom stereocenters. The van der Waals surface area contributed by atoms with E-state index >= 15 is 0 Å². The van der Waals surface area contributed by atoms with Gasteiger partial charge >= 0.3 is 137 Å². The van der Waals surface area contributed by atoms with Crippen LogP contribution in [0, 0.1) is 0 Å². The van der Waals surface area contributed by atoms with Crippen molar-refractivity contribution in [2.45, 2.75) is 51.9 Å². The summed E-state index contributed by atoms with van der Waals surface area (Å²) in [5.41, 5.74) is 0.966. The van der Waals surface area contributed by atoms with E-state index < -0.39 is 7.12 Å². The second-order valence-electron chi connectivity index (χ2n) is 6.48. The third-order valence-electron chi connectivity index (χ3n) is 4.37. The third kappa shape index (κ3) is 3.34. The molecule has 1 fully saturated rings. The first-order valence-electron chi connectivity index (χ1n) is 7.30. The van der Waals surface area contributed by atoms with E-state index in [1.54, 1.807) is 0 Å². The van der Waals surface area contributed by atoms with E-state index in [-0.39, 0.29) is 17.2 Å². The molecule has 1 saturated heterocycles. The minimum absolute atomic E-state index is 0.176. The average molecular weight is 319 g/mol. The number of nitrogens with zero attached hydrogens (tertiary/aromatic N) is 1. The molecule has 0 N–H and O–H groups in total. The fourth-order valence-corrected chi connectivity index (χ4v) is 2.60. The van der Waals surface area contributed by atoms with Crippen LogP contribution in [-0.4, -0.2) is 31.6 Å². The normalized spacial score (nSPS) is 21.1. The maximum atomic E-state index is 10.4. The quantitative estimate of drug-likeness (QED) is 0.633. The number of benzene rings is 1. The Kier molecular flexibility index (Phi) is 4.95. The summed E-state index contributed by atoms with van der Waals surface area (Å²) in [6.07, 6.45) is 1.24. The first-order valence-corrected chi connectivity index (χ1v) is 7.67. The van der Waals surface area contributed by atoms with Gasteiger partial charge in [0.15, 0.2) is 0 Å². The molecule has 1 aliphatic rings. The van der Waals surface area contributed by atoms with Gasteiger partial charge in [0.1, 0.15) is 0 Å². The van der Waals surface area contributed by atoms with Crippen molar-refractivity contribution in [2.75, 3.05) is 0 Å². The van der Waals surface area contributed by atoms with Crippen LogP contribution in [0.25, 0.3) is 0 Å². The van der Waals surface area contributed by atoms with E-state index in [0.717, 1.165) is 11.0 Å². The van der Waals surface area contributed by atoms with Gasteiger partial charge in [0.05, 0.1) is 0 Å². The molecule has 2 rings (SSSR count). The van der Waals surface area contributed by atoms with Crippen LogP contribution in [0.5, 0.6) is 0 Å². The summed E-state index contributed by atoms with van der Waals surface area (Å²) >= 11 is 6.35. The molecule has 4 nitrogen and oxygen atoms in total. The zero-order chi connectivity index (χ0) is 16.5. The van der Waals surface area contributed by atoms with Gasteiger partial charge < -0.3 is 0 Å². The van der Waals surface area contributed by atoms with Crippen molar-refractivity contribution in [3.05, 3.63) is 28.8 Å². The monoisotopic (exact) mass is 319 g/mol. The van der Waals surface area contributed by atoms with Crippen LogP contribution in [0.2, 0.25) is 5.02 Å². The molecule has 0 aliphatic carbocycles. The SMILES string of the molecule is CC(/N=C\B=O)c1ccc(B2OC(C)(C)C(C)(C)O2)cc1Cl. The molecule has 116 valence electrons. The van der Waals surface area contributed by atoms with E-state index in [2.05, 4.69) is 4.99 Å². The summed E-state index contributed by atoms with van der Waals surface area (Å²) in [5, 5.41) is 0.586. The first kappa shape index (κ1) is 17.4. The van der Waals surface area contributed by atoms with Crippen molar-refractivity contribution < 1.29 is 14.0 Å². The van der Waals surface area contributed by atoms with Gasteiger partial charge in [0.25, 0.3) is 0 Å². The van der Waals surface area contributed by atoms with E-state index in [4.69, 9.17) is 20.9 Å². The van der Waals surface area contributed by atoms with Crippen LogP contribution in [0.4, 0.5) is 0 Å². The van der Waals surface area contributed by atoms with Crippen LogP contribution in [0.15, 0.2) is 23.2 Å². The molecule has 0 amide bonds. The van der Waals surface area contributed by atoms with E-state index in [0.29, 0.717) is 12.2 Å². The Morgan fingerprint density at radius 3 is 2.36 bits per heavy atom. The van der Waals surface area contributed by atoms with Gasteiger partial charge in [-0.1, -0.05) is 0 Å². The number of halogens is 1. The molecule has 0 aromatic heterocycles. The molecular formula is C15H20B2ClNO3. The Hall–Kier alpha value is -0.970. The van der Waals surface area contributed by atoms with Gasteiger partial charge in [-0.05, 0) is 0 Å². The summed E-state index contributed by atoms with van der Waals surface area (Å²) in [5.74, 6) is 0. The Bertz CT molecular complexity index is 588. The van der Waals surface area contributed by atoms with Crippen LogP contribution < -0.4 is 5.46 Å². The Balaban J connectivity index is 2.24. The van der Waals surface area contributed by atoms with Gasteiger partial charge in [0, 0.05) is 0 Å². The van der Waals surface area contributed by atoms with E-state index in [9.17, 15) is 4.70 Å². The Morgan fingerprint density at radius 2 is 1.86 bits per heavy atom. The second-order valence-corrected chi connectivity index (χ2v) is 6.89. The molecule has 1 aromatic rings. The summed E-state index contributed by atoms with van der Waals surface area (Å²) in [6, 6.07) is 5.49. The third-order valence-corrected chi connectivity index (χ3v) is 4.70. The molecule has 0 bridgehead atoms. The predicted molar refractivity (Wildman–Crippen MR) is 90.5 cm³/mol. The molecule has 7 heteroatoms. The van der Waals surface area contributed by atoms with Gasteiger partial charge in [-0.25, -0.2) is 0 Å². The summed E-state index contributed by atoms with van der Waals surface area (Å²) in [7, 11) is 0.216. The molecule has 22 heavy (non-hydrogen) atoms. The number of hydrogen-bond acceptors (Lipinski definition) is 4.